The Bertz CT molecular complexity index is 852. The van der Waals surface area contributed by atoms with Crippen LogP contribution in [-0.2, 0) is 20.8 Å². The van der Waals surface area contributed by atoms with Crippen LogP contribution >= 0.6 is 0 Å². The molecular formula is C20H30N4O5S. The molecule has 0 radical (unpaired) electrons. The van der Waals surface area contributed by atoms with Gasteiger partial charge < -0.3 is 14.5 Å². The van der Waals surface area contributed by atoms with E-state index in [1.807, 2.05) is 18.2 Å². The van der Waals surface area contributed by atoms with Gasteiger partial charge in [0.05, 0.1) is 7.11 Å². The van der Waals surface area contributed by atoms with Gasteiger partial charge in [-0.1, -0.05) is 16.5 Å². The average molecular weight is 439 g/mol. The Morgan fingerprint density at radius 1 is 1.23 bits per heavy atom. The molecule has 1 N–H and O–H groups in total. The number of rotatable bonds is 6. The number of hydroxylamine groups is 1. The molecule has 2 fully saturated rings. The number of likely N-dealkylation sites (N-methyl/N-ethyl adjacent to an activating group) is 1. The first-order chi connectivity index (χ1) is 14.4. The van der Waals surface area contributed by atoms with E-state index in [1.165, 1.54) is 0 Å². The fourth-order valence-corrected chi connectivity index (χ4v) is 4.70. The first-order valence-electron chi connectivity index (χ1n) is 10.2. The SMILES string of the molecule is COc1cccc(C2(CNOC(=O)N=S(=O)=O)CCC(N3CCN(C)CC3)CC2)c1. The van der Waals surface area contributed by atoms with Crippen LogP contribution in [0.3, 0.4) is 0 Å². The minimum absolute atomic E-state index is 0.242. The highest BCUT2D eigenvalue weighted by molar-refractivity contribution is 7.62. The van der Waals surface area contributed by atoms with Gasteiger partial charge in [0.25, 0.3) is 0 Å². The molecule has 166 valence electrons. The summed E-state index contributed by atoms with van der Waals surface area (Å²) in [4.78, 5) is 21.2. The van der Waals surface area contributed by atoms with Gasteiger partial charge in [-0.2, -0.15) is 13.9 Å². The summed E-state index contributed by atoms with van der Waals surface area (Å²) in [5, 5.41) is 0. The number of piperazine rings is 1. The third kappa shape index (κ3) is 5.78. The van der Waals surface area contributed by atoms with E-state index in [0.29, 0.717) is 12.6 Å². The Morgan fingerprint density at radius 2 is 1.93 bits per heavy atom. The van der Waals surface area contributed by atoms with Crippen LogP contribution in [-0.4, -0.2) is 77.2 Å². The zero-order chi connectivity index (χ0) is 21.6. The Morgan fingerprint density at radius 3 is 2.57 bits per heavy atom. The van der Waals surface area contributed by atoms with Crippen LogP contribution in [0.25, 0.3) is 0 Å². The van der Waals surface area contributed by atoms with E-state index >= 15 is 0 Å². The number of nitrogens with one attached hydrogen (secondary N) is 1. The van der Waals surface area contributed by atoms with Gasteiger partial charge in [-0.15, -0.1) is 0 Å². The Balaban J connectivity index is 1.70. The van der Waals surface area contributed by atoms with Crippen LogP contribution in [0.15, 0.2) is 28.6 Å². The number of benzene rings is 1. The minimum atomic E-state index is -2.83. The highest BCUT2D eigenvalue weighted by atomic mass is 32.2. The van der Waals surface area contributed by atoms with Gasteiger partial charge in [0, 0.05) is 44.2 Å². The monoisotopic (exact) mass is 438 g/mol. The van der Waals surface area contributed by atoms with Crippen LogP contribution in [0.2, 0.25) is 0 Å². The summed E-state index contributed by atoms with van der Waals surface area (Å²) in [7, 11) is 0.970. The second kappa shape index (κ2) is 10.3. The number of amides is 1. The van der Waals surface area contributed by atoms with Gasteiger partial charge in [0.2, 0.25) is 0 Å². The summed E-state index contributed by atoms with van der Waals surface area (Å²) in [6.45, 7) is 4.76. The Hall–Kier alpha value is -2.01. The van der Waals surface area contributed by atoms with Crippen molar-refractivity contribution >= 4 is 16.6 Å². The first kappa shape index (κ1) is 22.7. The van der Waals surface area contributed by atoms with Crippen LogP contribution in [0.4, 0.5) is 4.79 Å². The Kier molecular flexibility index (Phi) is 7.81. The summed E-state index contributed by atoms with van der Waals surface area (Å²) < 4.78 is 29.3. The van der Waals surface area contributed by atoms with Gasteiger partial charge in [0.15, 0.2) is 0 Å². The maximum Gasteiger partial charge on any atom is 0.467 e. The zero-order valence-corrected chi connectivity index (χ0v) is 18.4. The summed E-state index contributed by atoms with van der Waals surface area (Å²) in [6.07, 6.45) is 2.77. The lowest BCUT2D eigenvalue weighted by molar-refractivity contribution is 0.0524. The maximum atomic E-state index is 11.4. The third-order valence-electron chi connectivity index (χ3n) is 6.37. The van der Waals surface area contributed by atoms with E-state index in [1.54, 1.807) is 7.11 Å². The molecule has 1 amide bonds. The molecule has 1 aromatic carbocycles. The van der Waals surface area contributed by atoms with Crippen molar-refractivity contribution in [3.05, 3.63) is 29.8 Å². The molecule has 9 nitrogen and oxygen atoms in total. The van der Waals surface area contributed by atoms with Crippen molar-refractivity contribution < 1.29 is 22.8 Å². The number of carbonyl (C=O) groups excluding carboxylic acids is 1. The lowest BCUT2D eigenvalue weighted by Gasteiger charge is -2.45. The van der Waals surface area contributed by atoms with E-state index in [4.69, 9.17) is 9.57 Å². The largest absolute Gasteiger partial charge is 0.497 e. The molecule has 1 aromatic rings. The molecular weight excluding hydrogens is 408 g/mol. The maximum absolute atomic E-state index is 11.4. The Labute approximate surface area is 179 Å². The predicted molar refractivity (Wildman–Crippen MR) is 112 cm³/mol. The standard InChI is InChI=1S/C20H30N4O5S/c1-23-10-12-24(13-11-23)17-6-8-20(9-7-17,15-21-29-19(25)22-30(26)27)16-4-3-5-18(14-16)28-2/h3-5,14,17,21H,6-13,15H2,1-2H3. The van der Waals surface area contributed by atoms with Gasteiger partial charge >= 0.3 is 16.6 Å². The van der Waals surface area contributed by atoms with Crippen LogP contribution < -0.4 is 10.2 Å². The first-order valence-corrected chi connectivity index (χ1v) is 11.3. The fraction of sp³-hybridized carbons (Fsp3) is 0.650. The molecule has 0 atom stereocenters. The van der Waals surface area contributed by atoms with Crippen LogP contribution in [0, 0.1) is 0 Å². The van der Waals surface area contributed by atoms with E-state index in [0.717, 1.165) is 63.2 Å². The molecule has 0 bridgehead atoms. The normalized spacial score (nSPS) is 25.5. The van der Waals surface area contributed by atoms with E-state index < -0.39 is 16.6 Å². The van der Waals surface area contributed by atoms with Gasteiger partial charge in [0.1, 0.15) is 5.75 Å². The zero-order valence-electron chi connectivity index (χ0n) is 17.5. The van der Waals surface area contributed by atoms with Crippen molar-refractivity contribution in [2.24, 2.45) is 4.36 Å². The lowest BCUT2D eigenvalue weighted by Crippen LogP contribution is -2.52. The quantitative estimate of drug-likeness (QED) is 0.672. The average Bonchev–Trinajstić information content (AvgIpc) is 2.74. The molecule has 0 aromatic heterocycles. The predicted octanol–water partition coefficient (Wildman–Crippen LogP) is 1.83. The molecule has 1 aliphatic carbocycles. The lowest BCUT2D eigenvalue weighted by atomic mass is 9.68. The summed E-state index contributed by atoms with van der Waals surface area (Å²) in [6, 6.07) is 8.52. The molecule has 1 saturated carbocycles. The van der Waals surface area contributed by atoms with E-state index in [2.05, 4.69) is 32.8 Å². The number of methoxy groups -OCH3 is 1. The topological polar surface area (TPSA) is 101 Å². The van der Waals surface area contributed by atoms with E-state index in [-0.39, 0.29) is 5.41 Å². The second-order valence-corrected chi connectivity index (χ2v) is 8.70. The van der Waals surface area contributed by atoms with Crippen molar-refractivity contribution in [2.75, 3.05) is 46.9 Å². The van der Waals surface area contributed by atoms with Crippen LogP contribution in [0.1, 0.15) is 31.2 Å². The number of ether oxygens (including phenoxy) is 1. The molecule has 3 rings (SSSR count). The van der Waals surface area contributed by atoms with Crippen molar-refractivity contribution in [3.63, 3.8) is 0 Å². The fourth-order valence-electron chi connectivity index (χ4n) is 4.54. The van der Waals surface area contributed by atoms with Crippen molar-refractivity contribution in [1.29, 1.82) is 0 Å². The van der Waals surface area contributed by atoms with Gasteiger partial charge in [-0.25, -0.2) is 4.79 Å². The van der Waals surface area contributed by atoms with Crippen molar-refractivity contribution in [1.82, 2.24) is 15.3 Å². The summed E-state index contributed by atoms with van der Waals surface area (Å²) in [5.74, 6) is 0.779. The third-order valence-corrected chi connectivity index (χ3v) is 6.67. The summed E-state index contributed by atoms with van der Waals surface area (Å²) >= 11 is 0. The molecule has 2 aliphatic rings. The van der Waals surface area contributed by atoms with Crippen molar-refractivity contribution in [2.45, 2.75) is 37.1 Å². The molecule has 1 aliphatic heterocycles. The highest BCUT2D eigenvalue weighted by Crippen LogP contribution is 2.41. The number of hydrogen-bond acceptors (Lipinski definition) is 8. The van der Waals surface area contributed by atoms with Crippen molar-refractivity contribution in [3.8, 4) is 5.75 Å². The minimum Gasteiger partial charge on any atom is -0.497 e. The molecule has 0 unspecified atom stereocenters. The number of hydrogen-bond donors (Lipinski definition) is 1. The number of nitrogens with zero attached hydrogens (tertiary/aromatic N) is 3. The smallest absolute Gasteiger partial charge is 0.467 e. The molecule has 0 spiro atoms. The molecule has 30 heavy (non-hydrogen) atoms. The van der Waals surface area contributed by atoms with Gasteiger partial charge in [-0.05, 0) is 50.4 Å². The second-order valence-electron chi connectivity index (χ2n) is 8.08. The van der Waals surface area contributed by atoms with Crippen LogP contribution in [0.5, 0.6) is 5.75 Å². The molecule has 10 heteroatoms. The summed E-state index contributed by atoms with van der Waals surface area (Å²) in [5.41, 5.74) is 3.54. The molecule has 1 saturated heterocycles. The highest BCUT2D eigenvalue weighted by Gasteiger charge is 2.39. The van der Waals surface area contributed by atoms with Gasteiger partial charge in [-0.3, -0.25) is 4.90 Å². The molecule has 1 heterocycles. The number of carbonyl (C=O) groups is 1. The van der Waals surface area contributed by atoms with E-state index in [9.17, 15) is 13.2 Å².